The Labute approximate surface area is 180 Å². The Morgan fingerprint density at radius 2 is 2.03 bits per heavy atom. The number of aromatic nitrogens is 1. The number of hydrogen-bond acceptors (Lipinski definition) is 5. The average Bonchev–Trinajstić information content (AvgIpc) is 3.48. The van der Waals surface area contributed by atoms with E-state index in [1.807, 2.05) is 67.8 Å². The summed E-state index contributed by atoms with van der Waals surface area (Å²) in [5.41, 5.74) is 3.03. The summed E-state index contributed by atoms with van der Waals surface area (Å²) in [6, 6.07) is 15.5. The molecule has 0 saturated heterocycles. The minimum absolute atomic E-state index is 0.0765. The zero-order valence-corrected chi connectivity index (χ0v) is 17.7. The van der Waals surface area contributed by atoms with Crippen molar-refractivity contribution in [1.82, 2.24) is 9.88 Å². The molecule has 0 radical (unpaired) electrons. The van der Waals surface area contributed by atoms with Gasteiger partial charge in [-0.05, 0) is 50.6 Å². The SMILES string of the molecule is Cc1c(C#N)c(NC(=O)CNC(C)c2cc3ccccc3o2)n(Cc2ccco2)c1C. The second-order valence-electron chi connectivity index (χ2n) is 7.55. The van der Waals surface area contributed by atoms with Gasteiger partial charge in [0.05, 0.1) is 31.0 Å². The third kappa shape index (κ3) is 4.11. The second-order valence-corrected chi connectivity index (χ2v) is 7.55. The average molecular weight is 416 g/mol. The van der Waals surface area contributed by atoms with Crippen molar-refractivity contribution < 1.29 is 13.6 Å². The quantitative estimate of drug-likeness (QED) is 0.457. The van der Waals surface area contributed by atoms with Crippen molar-refractivity contribution in [3.05, 3.63) is 77.1 Å². The van der Waals surface area contributed by atoms with Crippen LogP contribution in [0.15, 0.2) is 57.6 Å². The lowest BCUT2D eigenvalue weighted by atomic mass is 10.2. The number of nitrogens with one attached hydrogen (secondary N) is 2. The molecule has 0 spiro atoms. The Morgan fingerprint density at radius 1 is 1.23 bits per heavy atom. The molecule has 158 valence electrons. The lowest BCUT2D eigenvalue weighted by molar-refractivity contribution is -0.115. The molecule has 0 aliphatic rings. The molecule has 0 fully saturated rings. The summed E-state index contributed by atoms with van der Waals surface area (Å²) in [6.07, 6.45) is 1.61. The van der Waals surface area contributed by atoms with E-state index >= 15 is 0 Å². The van der Waals surface area contributed by atoms with Gasteiger partial charge in [0.25, 0.3) is 0 Å². The number of carbonyl (C=O) groups excluding carboxylic acids is 1. The summed E-state index contributed by atoms with van der Waals surface area (Å²) < 4.78 is 13.2. The van der Waals surface area contributed by atoms with Gasteiger partial charge in [-0.1, -0.05) is 18.2 Å². The Morgan fingerprint density at radius 3 is 2.74 bits per heavy atom. The lowest BCUT2D eigenvalue weighted by Crippen LogP contribution is -2.31. The number of nitrogens with zero attached hydrogens (tertiary/aromatic N) is 2. The molecular formula is C24H24N4O3. The number of rotatable bonds is 7. The molecule has 1 atom stereocenters. The molecule has 7 heteroatoms. The number of hydrogen-bond donors (Lipinski definition) is 2. The third-order valence-corrected chi connectivity index (χ3v) is 5.53. The predicted octanol–water partition coefficient (Wildman–Crippen LogP) is 4.65. The van der Waals surface area contributed by atoms with Crippen LogP contribution in [0.1, 0.15) is 41.3 Å². The van der Waals surface area contributed by atoms with Gasteiger partial charge in [0.2, 0.25) is 5.91 Å². The van der Waals surface area contributed by atoms with Gasteiger partial charge in [0, 0.05) is 11.1 Å². The number of amides is 1. The molecule has 0 aliphatic heterocycles. The Kier molecular flexibility index (Phi) is 5.65. The number of carbonyl (C=O) groups is 1. The van der Waals surface area contributed by atoms with Crippen LogP contribution in [0, 0.1) is 25.2 Å². The van der Waals surface area contributed by atoms with Gasteiger partial charge in [0.15, 0.2) is 0 Å². The highest BCUT2D eigenvalue weighted by Crippen LogP contribution is 2.28. The zero-order chi connectivity index (χ0) is 22.0. The smallest absolute Gasteiger partial charge is 0.239 e. The van der Waals surface area contributed by atoms with Crippen LogP contribution in [-0.2, 0) is 11.3 Å². The molecule has 1 unspecified atom stereocenters. The molecule has 2 N–H and O–H groups in total. The topological polar surface area (TPSA) is 96.1 Å². The van der Waals surface area contributed by atoms with Crippen molar-refractivity contribution in [1.29, 1.82) is 5.26 Å². The van der Waals surface area contributed by atoms with Gasteiger partial charge in [-0.2, -0.15) is 5.26 Å². The van der Waals surface area contributed by atoms with E-state index in [0.717, 1.165) is 33.7 Å². The van der Waals surface area contributed by atoms with Crippen molar-refractivity contribution in [2.24, 2.45) is 0 Å². The monoisotopic (exact) mass is 416 g/mol. The molecule has 3 aromatic heterocycles. The Bertz CT molecular complexity index is 1230. The molecular weight excluding hydrogens is 392 g/mol. The summed E-state index contributed by atoms with van der Waals surface area (Å²) in [5, 5.41) is 16.8. The van der Waals surface area contributed by atoms with E-state index in [0.29, 0.717) is 17.9 Å². The van der Waals surface area contributed by atoms with E-state index in [1.54, 1.807) is 6.26 Å². The van der Waals surface area contributed by atoms with Crippen LogP contribution in [0.2, 0.25) is 0 Å². The van der Waals surface area contributed by atoms with E-state index in [9.17, 15) is 10.1 Å². The van der Waals surface area contributed by atoms with Crippen LogP contribution in [0.25, 0.3) is 11.0 Å². The Balaban J connectivity index is 1.47. The molecule has 7 nitrogen and oxygen atoms in total. The van der Waals surface area contributed by atoms with E-state index in [1.165, 1.54) is 0 Å². The minimum Gasteiger partial charge on any atom is -0.467 e. The van der Waals surface area contributed by atoms with Crippen LogP contribution < -0.4 is 10.6 Å². The van der Waals surface area contributed by atoms with Crippen molar-refractivity contribution in [3.63, 3.8) is 0 Å². The molecule has 0 saturated carbocycles. The highest BCUT2D eigenvalue weighted by molar-refractivity contribution is 5.93. The molecule has 4 rings (SSSR count). The van der Waals surface area contributed by atoms with Crippen LogP contribution in [-0.4, -0.2) is 17.0 Å². The van der Waals surface area contributed by atoms with Crippen LogP contribution >= 0.6 is 0 Å². The lowest BCUT2D eigenvalue weighted by Gasteiger charge is -2.14. The van der Waals surface area contributed by atoms with Crippen molar-refractivity contribution in [2.45, 2.75) is 33.4 Å². The molecule has 4 aromatic rings. The van der Waals surface area contributed by atoms with E-state index in [-0.39, 0.29) is 18.5 Å². The molecule has 0 bridgehead atoms. The maximum Gasteiger partial charge on any atom is 0.239 e. The van der Waals surface area contributed by atoms with Gasteiger partial charge >= 0.3 is 0 Å². The predicted molar refractivity (Wildman–Crippen MR) is 118 cm³/mol. The summed E-state index contributed by atoms with van der Waals surface area (Å²) in [6.45, 7) is 6.26. The number of benzene rings is 1. The van der Waals surface area contributed by atoms with Gasteiger partial charge in [-0.25, -0.2) is 0 Å². The maximum atomic E-state index is 12.7. The first-order chi connectivity index (χ1) is 15.0. The van der Waals surface area contributed by atoms with Gasteiger partial charge in [-0.15, -0.1) is 0 Å². The molecule has 1 amide bonds. The first kappa shape index (κ1) is 20.5. The normalized spacial score (nSPS) is 12.1. The van der Waals surface area contributed by atoms with Gasteiger partial charge < -0.3 is 18.7 Å². The number of fused-ring (bicyclic) bond motifs is 1. The van der Waals surface area contributed by atoms with Crippen LogP contribution in [0.3, 0.4) is 0 Å². The van der Waals surface area contributed by atoms with E-state index in [4.69, 9.17) is 8.83 Å². The summed E-state index contributed by atoms with van der Waals surface area (Å²) in [5.74, 6) is 1.75. The van der Waals surface area contributed by atoms with Crippen LogP contribution in [0.4, 0.5) is 5.82 Å². The fourth-order valence-electron chi connectivity index (χ4n) is 3.62. The number of anilines is 1. The maximum absolute atomic E-state index is 12.7. The summed E-state index contributed by atoms with van der Waals surface area (Å²) >= 11 is 0. The molecule has 1 aromatic carbocycles. The highest BCUT2D eigenvalue weighted by atomic mass is 16.3. The number of nitriles is 1. The van der Waals surface area contributed by atoms with Crippen molar-refractivity contribution in [2.75, 3.05) is 11.9 Å². The fraction of sp³-hybridized carbons (Fsp3) is 0.250. The molecule has 31 heavy (non-hydrogen) atoms. The van der Waals surface area contributed by atoms with Gasteiger partial charge in [0.1, 0.15) is 29.0 Å². The standard InChI is InChI=1S/C24H24N4O3/c1-15-17(3)28(14-19-8-6-10-30-19)24(20(15)12-25)27-23(29)13-26-16(2)22-11-18-7-4-5-9-21(18)31-22/h4-11,16,26H,13-14H2,1-3H3,(H,27,29). The minimum atomic E-state index is -0.238. The molecule has 0 aliphatic carbocycles. The molecule has 3 heterocycles. The fourth-order valence-corrected chi connectivity index (χ4v) is 3.62. The van der Waals surface area contributed by atoms with Crippen LogP contribution in [0.5, 0.6) is 0 Å². The first-order valence-corrected chi connectivity index (χ1v) is 10.1. The number of para-hydroxylation sites is 1. The largest absolute Gasteiger partial charge is 0.467 e. The van der Waals surface area contributed by atoms with E-state index in [2.05, 4.69) is 16.7 Å². The van der Waals surface area contributed by atoms with E-state index < -0.39 is 0 Å². The summed E-state index contributed by atoms with van der Waals surface area (Å²) in [7, 11) is 0. The third-order valence-electron chi connectivity index (χ3n) is 5.53. The second kappa shape index (κ2) is 8.54. The Hall–Kier alpha value is -3.76. The highest BCUT2D eigenvalue weighted by Gasteiger charge is 2.21. The summed E-state index contributed by atoms with van der Waals surface area (Å²) in [4.78, 5) is 12.7. The van der Waals surface area contributed by atoms with Crippen molar-refractivity contribution >= 4 is 22.7 Å². The van der Waals surface area contributed by atoms with Crippen molar-refractivity contribution in [3.8, 4) is 6.07 Å². The zero-order valence-electron chi connectivity index (χ0n) is 17.7. The first-order valence-electron chi connectivity index (χ1n) is 10.1. The number of furan rings is 2. The van der Waals surface area contributed by atoms with Gasteiger partial charge in [-0.3, -0.25) is 10.1 Å².